The second kappa shape index (κ2) is 8.20. The van der Waals surface area contributed by atoms with Crippen molar-refractivity contribution in [3.63, 3.8) is 0 Å². The van der Waals surface area contributed by atoms with Crippen molar-refractivity contribution in [3.8, 4) is 0 Å². The number of rotatable bonds is 6. The van der Waals surface area contributed by atoms with E-state index in [2.05, 4.69) is 0 Å². The topological polar surface area (TPSA) is 20.3 Å². The molecule has 0 radical (unpaired) electrons. The first-order chi connectivity index (χ1) is 10.6. The largest absolute Gasteiger partial charge is 0.341 e. The Morgan fingerprint density at radius 2 is 1.86 bits per heavy atom. The van der Waals surface area contributed by atoms with Gasteiger partial charge in [-0.1, -0.05) is 29.8 Å². The molecule has 0 saturated carbocycles. The summed E-state index contributed by atoms with van der Waals surface area (Å²) in [5.74, 6) is 0.478. The molecule has 0 bridgehead atoms. The quantitative estimate of drug-likeness (QED) is 0.717. The third-order valence-corrected chi connectivity index (χ3v) is 4.57. The molecule has 0 spiro atoms. The Hall–Kier alpha value is -1.52. The SMILES string of the molecule is CN(Cc1ccccc1Cl)C(=O)CCSc1ccc(F)cc1. The van der Waals surface area contributed by atoms with Crippen molar-refractivity contribution >= 4 is 29.3 Å². The summed E-state index contributed by atoms with van der Waals surface area (Å²) in [5.41, 5.74) is 0.936. The first-order valence-corrected chi connectivity index (χ1v) is 8.28. The first-order valence-electron chi connectivity index (χ1n) is 6.92. The third kappa shape index (κ3) is 5.04. The zero-order valence-corrected chi connectivity index (χ0v) is 13.8. The predicted octanol–water partition coefficient (Wildman–Crippen LogP) is 4.62. The smallest absolute Gasteiger partial charge is 0.223 e. The average molecular weight is 338 g/mol. The summed E-state index contributed by atoms with van der Waals surface area (Å²) in [5, 5.41) is 0.669. The minimum Gasteiger partial charge on any atom is -0.341 e. The summed E-state index contributed by atoms with van der Waals surface area (Å²) in [4.78, 5) is 14.7. The molecule has 2 nitrogen and oxygen atoms in total. The van der Waals surface area contributed by atoms with Crippen molar-refractivity contribution in [1.29, 1.82) is 0 Å². The molecule has 0 aliphatic rings. The van der Waals surface area contributed by atoms with Gasteiger partial charge in [-0.3, -0.25) is 4.79 Å². The lowest BCUT2D eigenvalue weighted by molar-refractivity contribution is -0.129. The second-order valence-corrected chi connectivity index (χ2v) is 6.47. The van der Waals surface area contributed by atoms with Gasteiger partial charge in [-0.05, 0) is 35.9 Å². The molecule has 0 saturated heterocycles. The van der Waals surface area contributed by atoms with Crippen molar-refractivity contribution in [1.82, 2.24) is 4.90 Å². The summed E-state index contributed by atoms with van der Waals surface area (Å²) in [6.45, 7) is 0.500. The van der Waals surface area contributed by atoms with Gasteiger partial charge >= 0.3 is 0 Å². The molecule has 0 aliphatic carbocycles. The highest BCUT2D eigenvalue weighted by molar-refractivity contribution is 7.99. The first kappa shape index (κ1) is 16.8. The molecule has 1 amide bonds. The minimum atomic E-state index is -0.250. The number of carbonyl (C=O) groups is 1. The number of carbonyl (C=O) groups excluding carboxylic acids is 1. The van der Waals surface area contributed by atoms with Crippen LogP contribution in [-0.4, -0.2) is 23.6 Å². The van der Waals surface area contributed by atoms with Crippen molar-refractivity contribution in [2.45, 2.75) is 17.9 Å². The van der Waals surface area contributed by atoms with Gasteiger partial charge in [0, 0.05) is 35.7 Å². The van der Waals surface area contributed by atoms with Gasteiger partial charge in [0.2, 0.25) is 5.91 Å². The summed E-state index contributed by atoms with van der Waals surface area (Å²) in [6.07, 6.45) is 0.434. The van der Waals surface area contributed by atoms with Crippen molar-refractivity contribution < 1.29 is 9.18 Å². The second-order valence-electron chi connectivity index (χ2n) is 4.89. The van der Waals surface area contributed by atoms with E-state index >= 15 is 0 Å². The van der Waals surface area contributed by atoms with Gasteiger partial charge in [-0.25, -0.2) is 4.39 Å². The van der Waals surface area contributed by atoms with E-state index in [4.69, 9.17) is 11.6 Å². The van der Waals surface area contributed by atoms with Gasteiger partial charge < -0.3 is 4.90 Å². The van der Waals surface area contributed by atoms with Crippen LogP contribution in [-0.2, 0) is 11.3 Å². The van der Waals surface area contributed by atoms with E-state index in [9.17, 15) is 9.18 Å². The van der Waals surface area contributed by atoms with Crippen LogP contribution < -0.4 is 0 Å². The molecule has 0 heterocycles. The van der Waals surface area contributed by atoms with Gasteiger partial charge in [0.15, 0.2) is 0 Å². The third-order valence-electron chi connectivity index (χ3n) is 3.19. The van der Waals surface area contributed by atoms with Crippen LogP contribution in [0.25, 0.3) is 0 Å². The minimum absolute atomic E-state index is 0.0644. The van der Waals surface area contributed by atoms with E-state index in [0.717, 1.165) is 10.5 Å². The van der Waals surface area contributed by atoms with Gasteiger partial charge in [-0.15, -0.1) is 11.8 Å². The number of halogens is 2. The normalized spacial score (nSPS) is 10.5. The predicted molar refractivity (Wildman–Crippen MR) is 89.7 cm³/mol. The van der Waals surface area contributed by atoms with Crippen LogP contribution in [0.1, 0.15) is 12.0 Å². The molecular weight excluding hydrogens is 321 g/mol. The molecule has 0 atom stereocenters. The molecular formula is C17H17ClFNOS. The summed E-state index contributed by atoms with van der Waals surface area (Å²) in [6, 6.07) is 13.8. The number of hydrogen-bond donors (Lipinski definition) is 0. The Labute approximate surface area is 139 Å². The highest BCUT2D eigenvalue weighted by Crippen LogP contribution is 2.20. The van der Waals surface area contributed by atoms with Crippen LogP contribution in [0, 0.1) is 5.82 Å². The van der Waals surface area contributed by atoms with E-state index in [1.165, 1.54) is 12.1 Å². The lowest BCUT2D eigenvalue weighted by atomic mass is 10.2. The average Bonchev–Trinajstić information content (AvgIpc) is 2.51. The zero-order chi connectivity index (χ0) is 15.9. The molecule has 0 aliphatic heterocycles. The molecule has 2 aromatic rings. The number of hydrogen-bond acceptors (Lipinski definition) is 2. The standard InChI is InChI=1S/C17H17ClFNOS/c1-20(12-13-4-2-3-5-16(13)18)17(21)10-11-22-15-8-6-14(19)7-9-15/h2-9H,10-12H2,1H3. The summed E-state index contributed by atoms with van der Waals surface area (Å²) in [7, 11) is 1.77. The number of thioether (sulfide) groups is 1. The molecule has 0 fully saturated rings. The van der Waals surface area contributed by atoms with Crippen molar-refractivity contribution in [2.24, 2.45) is 0 Å². The Morgan fingerprint density at radius 3 is 2.55 bits per heavy atom. The number of nitrogens with zero attached hydrogens (tertiary/aromatic N) is 1. The molecule has 2 aromatic carbocycles. The Kier molecular flexibility index (Phi) is 6.28. The van der Waals surface area contributed by atoms with E-state index in [1.807, 2.05) is 24.3 Å². The maximum absolute atomic E-state index is 12.8. The lowest BCUT2D eigenvalue weighted by Gasteiger charge is -2.18. The van der Waals surface area contributed by atoms with Crippen LogP contribution in [0.2, 0.25) is 5.02 Å². The molecule has 22 heavy (non-hydrogen) atoms. The Balaban J connectivity index is 1.79. The molecule has 0 aromatic heterocycles. The summed E-state index contributed by atoms with van der Waals surface area (Å²) >= 11 is 7.64. The monoisotopic (exact) mass is 337 g/mol. The fourth-order valence-corrected chi connectivity index (χ4v) is 2.98. The zero-order valence-electron chi connectivity index (χ0n) is 12.3. The fourth-order valence-electron chi connectivity index (χ4n) is 1.95. The van der Waals surface area contributed by atoms with E-state index in [0.29, 0.717) is 23.7 Å². The van der Waals surface area contributed by atoms with E-state index in [-0.39, 0.29) is 11.7 Å². The maximum Gasteiger partial charge on any atom is 0.223 e. The van der Waals surface area contributed by atoms with Crippen molar-refractivity contribution in [2.75, 3.05) is 12.8 Å². The highest BCUT2D eigenvalue weighted by Gasteiger charge is 2.10. The lowest BCUT2D eigenvalue weighted by Crippen LogP contribution is -2.26. The fraction of sp³-hybridized carbons (Fsp3) is 0.235. The van der Waals surface area contributed by atoms with E-state index < -0.39 is 0 Å². The van der Waals surface area contributed by atoms with Crippen LogP contribution >= 0.6 is 23.4 Å². The van der Waals surface area contributed by atoms with Crippen LogP contribution in [0.15, 0.2) is 53.4 Å². The summed E-state index contributed by atoms with van der Waals surface area (Å²) < 4.78 is 12.8. The van der Waals surface area contributed by atoms with Gasteiger partial charge in [0.25, 0.3) is 0 Å². The van der Waals surface area contributed by atoms with Crippen LogP contribution in [0.3, 0.4) is 0 Å². The Morgan fingerprint density at radius 1 is 1.18 bits per heavy atom. The molecule has 2 rings (SSSR count). The highest BCUT2D eigenvalue weighted by atomic mass is 35.5. The van der Waals surface area contributed by atoms with Crippen LogP contribution in [0.4, 0.5) is 4.39 Å². The maximum atomic E-state index is 12.8. The molecule has 0 N–H and O–H groups in total. The van der Waals surface area contributed by atoms with Gasteiger partial charge in [-0.2, -0.15) is 0 Å². The van der Waals surface area contributed by atoms with E-state index in [1.54, 1.807) is 35.8 Å². The van der Waals surface area contributed by atoms with Crippen LogP contribution in [0.5, 0.6) is 0 Å². The molecule has 116 valence electrons. The van der Waals surface area contributed by atoms with Crippen molar-refractivity contribution in [3.05, 3.63) is 64.9 Å². The van der Waals surface area contributed by atoms with Gasteiger partial charge in [0.1, 0.15) is 5.82 Å². The van der Waals surface area contributed by atoms with Gasteiger partial charge in [0.05, 0.1) is 0 Å². The number of amides is 1. The Bertz CT molecular complexity index is 633. The number of benzene rings is 2. The molecule has 0 unspecified atom stereocenters. The molecule has 5 heteroatoms.